The van der Waals surface area contributed by atoms with Gasteiger partial charge in [0.1, 0.15) is 48.0 Å². The number of para-hydroxylation sites is 2. The Morgan fingerprint density at radius 1 is 0.604 bits per heavy atom. The summed E-state index contributed by atoms with van der Waals surface area (Å²) in [6.45, 7) is 12.9. The van der Waals surface area contributed by atoms with Gasteiger partial charge in [0.2, 0.25) is 33.7 Å². The maximum Gasteiger partial charge on any atom is 0.238 e. The number of fused-ring (bicyclic) bond motifs is 1. The molecule has 11 rings (SSSR count). The lowest BCUT2D eigenvalue weighted by atomic mass is 10.1. The Balaban J connectivity index is 0.000000162. The van der Waals surface area contributed by atoms with Crippen LogP contribution in [0.15, 0.2) is 149 Å². The Morgan fingerprint density at radius 3 is 1.60 bits per heavy atom. The monoisotopic (exact) mass is 1430 g/mol. The number of hydrogen-bond donors (Lipinski definition) is 8. The van der Waals surface area contributed by atoms with Gasteiger partial charge in [-0.2, -0.15) is 20.2 Å². The number of hydrogen-bond acceptors (Lipinski definition) is 22. The second kappa shape index (κ2) is 28.7. The summed E-state index contributed by atoms with van der Waals surface area (Å²) in [6.07, 6.45) is 5.32. The Morgan fingerprint density at radius 2 is 1.11 bits per heavy atom. The lowest BCUT2D eigenvalue weighted by molar-refractivity contribution is 0.358. The van der Waals surface area contributed by atoms with Crippen LogP contribution in [-0.2, 0) is 30.1 Å². The van der Waals surface area contributed by atoms with Gasteiger partial charge in [0.25, 0.3) is 0 Å². The molecule has 0 bridgehead atoms. The molecule has 0 saturated carbocycles. The van der Waals surface area contributed by atoms with Crippen molar-refractivity contribution in [2.75, 3.05) is 85.6 Å². The fourth-order valence-corrected chi connectivity index (χ4v) is 13.4. The molecule has 10 aromatic rings. The molecule has 24 nitrogen and oxygen atoms in total. The average molecular weight is 1430 g/mol. The van der Waals surface area contributed by atoms with Gasteiger partial charge in [0, 0.05) is 49.3 Å². The minimum absolute atomic E-state index is 0.00608. The van der Waals surface area contributed by atoms with Crippen molar-refractivity contribution in [3.63, 3.8) is 0 Å². The van der Waals surface area contributed by atoms with Crippen LogP contribution >= 0.6 is 72.2 Å². The summed E-state index contributed by atoms with van der Waals surface area (Å²) >= 11 is 22.4. The number of aromatic nitrogens is 10. The highest BCUT2D eigenvalue weighted by molar-refractivity contribution is 9.10. The van der Waals surface area contributed by atoms with Crippen molar-refractivity contribution in [3.05, 3.63) is 171 Å². The number of nitrogens with two attached hydrogens (primary N) is 1. The van der Waals surface area contributed by atoms with E-state index < -0.39 is 31.4 Å². The highest BCUT2D eigenvalue weighted by atomic mass is 79.9. The van der Waals surface area contributed by atoms with E-state index >= 15 is 0 Å². The van der Waals surface area contributed by atoms with Crippen LogP contribution in [0.1, 0.15) is 11.1 Å². The number of ether oxygens (including phenoxy) is 2. The van der Waals surface area contributed by atoms with Crippen LogP contribution in [0.25, 0.3) is 11.4 Å². The lowest BCUT2D eigenvalue weighted by Crippen LogP contribution is -2.11. The number of nitrogens with one attached hydrogen (secondary N) is 7. The van der Waals surface area contributed by atoms with Crippen molar-refractivity contribution >= 4 is 168 Å². The zero-order valence-electron chi connectivity index (χ0n) is 49.9. The molecule has 0 fully saturated rings. The van der Waals surface area contributed by atoms with Gasteiger partial charge < -0.3 is 55.1 Å². The summed E-state index contributed by atoms with van der Waals surface area (Å²) in [5.41, 5.74) is 7.10. The summed E-state index contributed by atoms with van der Waals surface area (Å²) in [4.78, 5) is 26.1. The van der Waals surface area contributed by atoms with Gasteiger partial charge in [-0.25, -0.2) is 28.5 Å². The Labute approximate surface area is 548 Å². The summed E-state index contributed by atoms with van der Waals surface area (Å²) < 4.78 is 72.5. The number of halogens is 4. The molecular weight excluding hydrogens is 1370 g/mol. The van der Waals surface area contributed by atoms with E-state index in [1.54, 1.807) is 70.3 Å². The van der Waals surface area contributed by atoms with E-state index in [1.807, 2.05) is 85.8 Å². The smallest absolute Gasteiger partial charge is 0.238 e. The summed E-state index contributed by atoms with van der Waals surface area (Å²) in [6, 6.07) is 35.5. The highest BCUT2D eigenvalue weighted by Crippen LogP contribution is 2.43. The molecule has 6 aromatic carbocycles. The molecule has 5 heterocycles. The number of benzene rings is 6. The molecule has 32 heteroatoms. The lowest BCUT2D eigenvalue weighted by Gasteiger charge is -2.16. The Kier molecular flexibility index (Phi) is 21.2. The van der Waals surface area contributed by atoms with E-state index in [0.717, 1.165) is 55.3 Å². The van der Waals surface area contributed by atoms with Crippen LogP contribution in [-0.4, -0.2) is 113 Å². The third-order valence-electron chi connectivity index (χ3n) is 13.3. The zero-order valence-corrected chi connectivity index (χ0v) is 57.3. The van der Waals surface area contributed by atoms with Crippen LogP contribution < -0.4 is 62.4 Å². The third kappa shape index (κ3) is 17.5. The fourth-order valence-electron chi connectivity index (χ4n) is 8.82. The van der Waals surface area contributed by atoms with Crippen LogP contribution in [0, 0.1) is 6.92 Å². The third-order valence-corrected chi connectivity index (χ3v) is 20.5. The van der Waals surface area contributed by atoms with E-state index in [2.05, 4.69) is 98.4 Å². The molecule has 4 aromatic heterocycles. The van der Waals surface area contributed by atoms with E-state index in [9.17, 15) is 22.1 Å². The second-order valence-electron chi connectivity index (χ2n) is 21.2. The van der Waals surface area contributed by atoms with Crippen molar-refractivity contribution < 1.29 is 31.6 Å². The maximum absolute atomic E-state index is 12.6. The molecule has 0 unspecified atom stereocenters. The largest absolute Gasteiger partial charge is 0.495 e. The first-order chi connectivity index (χ1) is 43.1. The first-order valence-corrected chi connectivity index (χ1v) is 38.5. The molecule has 0 spiro atoms. The number of primary sulfonamides is 1. The summed E-state index contributed by atoms with van der Waals surface area (Å²) in [5.74, 6) is 3.97. The SMILES string of the molecule is COc1cc(P(C)(C)=O)ccc1Nc1ncc(Cl)c(Nc2ccc(S(N)(=O)=O)cc2)n1.CP(C)(=O)c1ccccc1Nc1nc(Nc2ccc(Br)c3c2OCC3)ncc1Cl.Cc1cc(-c2nn[nH]n2)ccc1Nc1ncc(Cl)c(Nc2ccccc2P(C)(C)=O)n1. The molecule has 91 heavy (non-hydrogen) atoms. The molecular formula is C59H60BrCl3N17O7P3S. The number of rotatable bonds is 18. The van der Waals surface area contributed by atoms with Gasteiger partial charge in [-0.3, -0.25) is 0 Å². The van der Waals surface area contributed by atoms with Crippen molar-refractivity contribution in [1.29, 1.82) is 0 Å². The molecule has 0 aliphatic carbocycles. The number of methoxy groups -OCH3 is 1. The molecule has 0 amide bonds. The highest BCUT2D eigenvalue weighted by Gasteiger charge is 2.23. The number of sulfonamides is 1. The molecule has 0 saturated heterocycles. The number of aryl methyl sites for hydroxylation is 1. The van der Waals surface area contributed by atoms with Crippen molar-refractivity contribution in [2.24, 2.45) is 5.14 Å². The minimum atomic E-state index is -3.78. The van der Waals surface area contributed by atoms with E-state index in [0.29, 0.717) is 85.6 Å². The van der Waals surface area contributed by atoms with Crippen molar-refractivity contribution in [3.8, 4) is 22.9 Å². The molecule has 472 valence electrons. The summed E-state index contributed by atoms with van der Waals surface area (Å²) in [7, 11) is -9.67. The molecule has 9 N–H and O–H groups in total. The van der Waals surface area contributed by atoms with Gasteiger partial charge in [-0.15, -0.1) is 10.2 Å². The average Bonchev–Trinajstić information content (AvgIpc) is 1.87. The fraction of sp³-hybridized carbons (Fsp3) is 0.169. The number of nitrogens with zero attached hydrogens (tertiary/aromatic N) is 9. The molecule has 0 radical (unpaired) electrons. The van der Waals surface area contributed by atoms with E-state index in [4.69, 9.17) is 49.4 Å². The number of aromatic amines is 1. The van der Waals surface area contributed by atoms with Gasteiger partial charge in [0.05, 0.1) is 60.0 Å². The zero-order chi connectivity index (χ0) is 65.4. The quantitative estimate of drug-likeness (QED) is 0.0370. The maximum atomic E-state index is 12.6. The van der Waals surface area contributed by atoms with Gasteiger partial charge in [-0.05, 0) is 155 Å². The first kappa shape index (κ1) is 67.4. The standard InChI is InChI=1S/C20H19BrClN4O2P.C20H20ClN8OP.C19H21ClN5O4PS/c1-29(2,27)17-6-4-3-5-15(17)24-19-14(22)11-23-20(26-19)25-16-8-7-13(21)12-9-10-28-18(12)16;1-12-10-13(18-26-28-29-27-18)8-9-15(12)24-20-22-11-14(21)19(25-20)23-16-6-4-5-7-17(16)31(2,3)30;1-29-17-10-13(30(2,3)26)6-9-16(17)24-19-22-11-15(20)18(25-19)23-12-4-7-14(8-5-12)31(21,27)28/h3-8,11H,9-10H2,1-2H3,(H2,23,24,25,26);4-11H,1-3H3,(H2,22,23,24,25)(H,26,27,28,29);4-11H,1-3H3,(H2,21,27,28)(H2,22,23,24,25). The van der Waals surface area contributed by atoms with Gasteiger partial charge >= 0.3 is 0 Å². The van der Waals surface area contributed by atoms with E-state index in [-0.39, 0.29) is 15.9 Å². The number of tetrazole rings is 1. The topological polar surface area (TPSA) is 334 Å². The van der Waals surface area contributed by atoms with Crippen LogP contribution in [0.2, 0.25) is 15.1 Å². The number of H-pyrrole nitrogens is 1. The molecule has 0 atom stereocenters. The number of anilines is 12. The second-order valence-corrected chi connectivity index (χ2v) is 34.5. The minimum Gasteiger partial charge on any atom is -0.495 e. The van der Waals surface area contributed by atoms with Crippen molar-refractivity contribution in [2.45, 2.75) is 18.2 Å². The normalized spacial score (nSPS) is 12.0. The predicted molar refractivity (Wildman–Crippen MR) is 369 cm³/mol. The first-order valence-electron chi connectivity index (χ1n) is 27.2. The van der Waals surface area contributed by atoms with Gasteiger partial charge in [0.15, 0.2) is 17.5 Å². The van der Waals surface area contributed by atoms with Crippen LogP contribution in [0.3, 0.4) is 0 Å². The van der Waals surface area contributed by atoms with Crippen LogP contribution in [0.4, 0.5) is 69.4 Å². The Bertz CT molecular complexity index is 4590. The molecule has 1 aliphatic rings. The van der Waals surface area contributed by atoms with Gasteiger partial charge in [-0.1, -0.05) is 75.0 Å². The van der Waals surface area contributed by atoms with E-state index in [1.165, 1.54) is 37.8 Å². The Hall–Kier alpha value is -8.02. The van der Waals surface area contributed by atoms with Crippen molar-refractivity contribution in [1.82, 2.24) is 50.5 Å². The summed E-state index contributed by atoms with van der Waals surface area (Å²) in [5, 5.41) is 41.1. The molecule has 1 aliphatic heterocycles. The predicted octanol–water partition coefficient (Wildman–Crippen LogP) is 13.4. The van der Waals surface area contributed by atoms with Crippen LogP contribution in [0.5, 0.6) is 11.5 Å².